The van der Waals surface area contributed by atoms with Crippen molar-refractivity contribution < 1.29 is 4.39 Å². The van der Waals surface area contributed by atoms with Gasteiger partial charge in [0.05, 0.1) is 10.7 Å². The Morgan fingerprint density at radius 2 is 2.21 bits per heavy atom. The average Bonchev–Trinajstić information content (AvgIpc) is 3.33. The van der Waals surface area contributed by atoms with E-state index in [2.05, 4.69) is 4.98 Å². The minimum Gasteiger partial charge on any atom is -0.302 e. The third-order valence-electron chi connectivity index (χ3n) is 4.87. The van der Waals surface area contributed by atoms with Gasteiger partial charge in [-0.3, -0.25) is 9.78 Å². The van der Waals surface area contributed by atoms with Crippen molar-refractivity contribution in [1.82, 2.24) is 9.55 Å². The number of nitriles is 1. The number of hydrogen-bond donors (Lipinski definition) is 0. The monoisotopic (exact) mass is 341 g/mol. The molecule has 0 spiro atoms. The maximum atomic E-state index is 14.5. The predicted molar refractivity (Wildman–Crippen MR) is 90.5 cm³/mol. The second-order valence-electron chi connectivity index (χ2n) is 6.66. The van der Waals surface area contributed by atoms with Crippen LogP contribution in [0.15, 0.2) is 28.2 Å². The van der Waals surface area contributed by atoms with Crippen LogP contribution in [-0.2, 0) is 12.0 Å². The van der Waals surface area contributed by atoms with Gasteiger partial charge in [0.1, 0.15) is 17.4 Å². The van der Waals surface area contributed by atoms with Crippen molar-refractivity contribution in [3.05, 3.63) is 45.8 Å². The lowest BCUT2D eigenvalue weighted by atomic mass is 9.99. The van der Waals surface area contributed by atoms with Crippen molar-refractivity contribution in [1.29, 1.82) is 5.26 Å². The fourth-order valence-corrected chi connectivity index (χ4v) is 4.16. The zero-order valence-electron chi connectivity index (χ0n) is 13.3. The van der Waals surface area contributed by atoms with E-state index in [0.717, 1.165) is 30.0 Å². The number of pyridine rings is 2. The first-order chi connectivity index (χ1) is 11.5. The van der Waals surface area contributed by atoms with Crippen LogP contribution in [0.1, 0.15) is 37.4 Å². The molecule has 1 fully saturated rings. The minimum absolute atomic E-state index is 0.0628. The van der Waals surface area contributed by atoms with E-state index >= 15 is 0 Å². The molecule has 4 nitrogen and oxygen atoms in total. The van der Waals surface area contributed by atoms with Gasteiger partial charge in [-0.2, -0.15) is 5.26 Å². The van der Waals surface area contributed by atoms with Crippen molar-refractivity contribution >= 4 is 11.8 Å². The quantitative estimate of drug-likeness (QED) is 0.839. The summed E-state index contributed by atoms with van der Waals surface area (Å²) in [7, 11) is 0. The van der Waals surface area contributed by atoms with Crippen molar-refractivity contribution in [3.8, 4) is 17.2 Å². The maximum absolute atomic E-state index is 14.5. The van der Waals surface area contributed by atoms with Gasteiger partial charge in [0.25, 0.3) is 5.56 Å². The molecule has 2 aromatic heterocycles. The molecule has 0 bridgehead atoms. The molecule has 2 aliphatic rings. The van der Waals surface area contributed by atoms with E-state index in [1.165, 1.54) is 6.07 Å². The first-order valence-electron chi connectivity index (χ1n) is 8.01. The first-order valence-corrected chi connectivity index (χ1v) is 8.99. The molecule has 0 atom stereocenters. The summed E-state index contributed by atoms with van der Waals surface area (Å²) in [5, 5.41) is 10.3. The summed E-state index contributed by atoms with van der Waals surface area (Å²) in [6.45, 7) is 2.63. The van der Waals surface area contributed by atoms with E-state index in [0.29, 0.717) is 23.4 Å². The van der Waals surface area contributed by atoms with Crippen molar-refractivity contribution in [2.75, 3.05) is 5.75 Å². The summed E-state index contributed by atoms with van der Waals surface area (Å²) in [6, 6.07) is 5.22. The molecule has 6 heteroatoms. The summed E-state index contributed by atoms with van der Waals surface area (Å²) in [6.07, 6.45) is 4.38. The maximum Gasteiger partial charge on any atom is 0.269 e. The Hall–Kier alpha value is -2.13. The first kappa shape index (κ1) is 15.4. The van der Waals surface area contributed by atoms with Gasteiger partial charge in [-0.25, -0.2) is 4.39 Å². The fraction of sp³-hybridized carbons (Fsp3) is 0.389. The minimum atomic E-state index is -0.359. The van der Waals surface area contributed by atoms with Gasteiger partial charge in [0.2, 0.25) is 0 Å². The highest BCUT2D eigenvalue weighted by Crippen LogP contribution is 2.47. The molecule has 0 saturated heterocycles. The lowest BCUT2D eigenvalue weighted by Crippen LogP contribution is -2.27. The van der Waals surface area contributed by atoms with Crippen LogP contribution in [0.4, 0.5) is 4.39 Å². The number of hydrogen-bond acceptors (Lipinski definition) is 4. The normalized spacial score (nSPS) is 17.9. The number of aromatic nitrogens is 2. The van der Waals surface area contributed by atoms with Crippen LogP contribution in [0.3, 0.4) is 0 Å². The van der Waals surface area contributed by atoms with Gasteiger partial charge < -0.3 is 4.57 Å². The van der Waals surface area contributed by atoms with Crippen LogP contribution in [-0.4, -0.2) is 15.3 Å². The standard InChI is InChI=1S/C18H16FN3OS/c1-18(3-4-18)16-14(19)7-11(10-21-16)12-8-15-22(5-2-6-24-15)17(23)13(12)9-20/h7-8,10H,2-6H2,1H3. The number of rotatable bonds is 2. The molecule has 1 aliphatic carbocycles. The van der Waals surface area contributed by atoms with Gasteiger partial charge in [-0.15, -0.1) is 11.8 Å². The largest absolute Gasteiger partial charge is 0.302 e. The Bertz CT molecular complexity index is 941. The molecule has 0 unspecified atom stereocenters. The second-order valence-corrected chi connectivity index (χ2v) is 7.77. The SMILES string of the molecule is CC1(c2ncc(-c3cc4n(c(=O)c3C#N)CCCS4)cc2F)CC1. The van der Waals surface area contributed by atoms with Crippen LogP contribution in [0.5, 0.6) is 0 Å². The molecular formula is C18H16FN3OS. The summed E-state index contributed by atoms with van der Waals surface area (Å²) >= 11 is 1.59. The number of fused-ring (bicyclic) bond motifs is 1. The molecule has 122 valence electrons. The molecular weight excluding hydrogens is 325 g/mol. The van der Waals surface area contributed by atoms with E-state index < -0.39 is 0 Å². The smallest absolute Gasteiger partial charge is 0.269 e. The Balaban J connectivity index is 1.88. The predicted octanol–water partition coefficient (Wildman–Crippen LogP) is 3.47. The van der Waals surface area contributed by atoms with Crippen LogP contribution in [0.25, 0.3) is 11.1 Å². The number of halogens is 1. The van der Waals surface area contributed by atoms with Crippen LogP contribution in [0.2, 0.25) is 0 Å². The van der Waals surface area contributed by atoms with Crippen molar-refractivity contribution in [2.24, 2.45) is 0 Å². The molecule has 24 heavy (non-hydrogen) atoms. The van der Waals surface area contributed by atoms with Crippen LogP contribution in [0, 0.1) is 17.1 Å². The van der Waals surface area contributed by atoms with Gasteiger partial charge in [-0.05, 0) is 31.4 Å². The number of nitrogens with zero attached hydrogens (tertiary/aromatic N) is 3. The van der Waals surface area contributed by atoms with E-state index in [1.807, 2.05) is 19.1 Å². The second kappa shape index (κ2) is 5.45. The van der Waals surface area contributed by atoms with Gasteiger partial charge in [-0.1, -0.05) is 6.92 Å². The van der Waals surface area contributed by atoms with E-state index in [1.54, 1.807) is 22.5 Å². The molecule has 3 heterocycles. The number of thioether (sulfide) groups is 1. The van der Waals surface area contributed by atoms with Crippen LogP contribution < -0.4 is 5.56 Å². The Morgan fingerprint density at radius 3 is 2.88 bits per heavy atom. The van der Waals surface area contributed by atoms with Gasteiger partial charge >= 0.3 is 0 Å². The highest BCUT2D eigenvalue weighted by Gasteiger charge is 2.42. The summed E-state index contributed by atoms with van der Waals surface area (Å²) in [4.78, 5) is 16.9. The third kappa shape index (κ3) is 2.35. The molecule has 1 aliphatic heterocycles. The summed E-state index contributed by atoms with van der Waals surface area (Å²) in [5.41, 5.74) is 1.05. The Morgan fingerprint density at radius 1 is 1.42 bits per heavy atom. The Kier molecular flexibility index (Phi) is 3.50. The zero-order valence-corrected chi connectivity index (χ0v) is 14.1. The van der Waals surface area contributed by atoms with Crippen LogP contribution >= 0.6 is 11.8 Å². The highest BCUT2D eigenvalue weighted by atomic mass is 32.2. The molecule has 0 N–H and O–H groups in total. The van der Waals surface area contributed by atoms with Crippen molar-refractivity contribution in [2.45, 2.75) is 43.2 Å². The lowest BCUT2D eigenvalue weighted by molar-refractivity contribution is 0.570. The molecule has 1 saturated carbocycles. The molecule has 0 amide bonds. The molecule has 0 aromatic carbocycles. The molecule has 2 aromatic rings. The molecule has 4 rings (SSSR count). The van der Waals surface area contributed by atoms with E-state index in [4.69, 9.17) is 0 Å². The zero-order chi connectivity index (χ0) is 16.9. The van der Waals surface area contributed by atoms with E-state index in [-0.39, 0.29) is 22.4 Å². The Labute approximate surface area is 143 Å². The average molecular weight is 341 g/mol. The van der Waals surface area contributed by atoms with Crippen molar-refractivity contribution in [3.63, 3.8) is 0 Å². The third-order valence-corrected chi connectivity index (χ3v) is 6.00. The molecule has 0 radical (unpaired) electrons. The fourth-order valence-electron chi connectivity index (χ4n) is 3.14. The summed E-state index contributed by atoms with van der Waals surface area (Å²) in [5.74, 6) is 0.580. The van der Waals surface area contributed by atoms with Gasteiger partial charge in [0.15, 0.2) is 0 Å². The highest BCUT2D eigenvalue weighted by molar-refractivity contribution is 7.99. The lowest BCUT2D eigenvalue weighted by Gasteiger charge is -2.19. The van der Waals surface area contributed by atoms with E-state index in [9.17, 15) is 14.4 Å². The summed E-state index contributed by atoms with van der Waals surface area (Å²) < 4.78 is 16.2. The van der Waals surface area contributed by atoms with Gasteiger partial charge in [0, 0.05) is 35.0 Å². The topological polar surface area (TPSA) is 58.7 Å².